The summed E-state index contributed by atoms with van der Waals surface area (Å²) in [6, 6.07) is 9.44. The van der Waals surface area contributed by atoms with Crippen molar-refractivity contribution in [2.45, 2.75) is 40.6 Å². The number of anilines is 1. The maximum atomic E-state index is 14.1. The molecule has 1 atom stereocenters. The number of pyridine rings is 1. The Labute approximate surface area is 256 Å². The molecule has 218 valence electrons. The first kappa shape index (κ1) is 30.0. The number of benzene rings is 2. The van der Waals surface area contributed by atoms with Crippen molar-refractivity contribution in [2.75, 3.05) is 18.1 Å². The van der Waals surface area contributed by atoms with Crippen LogP contribution in [-0.4, -0.2) is 40.1 Å². The van der Waals surface area contributed by atoms with Crippen LogP contribution in [-0.2, 0) is 16.7 Å². The van der Waals surface area contributed by atoms with Crippen molar-refractivity contribution in [3.63, 3.8) is 0 Å². The minimum Gasteiger partial charge on any atom is -0.506 e. The molecule has 0 radical (unpaired) electrons. The number of aromatic hydroxyl groups is 1. The van der Waals surface area contributed by atoms with Crippen LogP contribution in [0.4, 0.5) is 19.3 Å². The van der Waals surface area contributed by atoms with Crippen molar-refractivity contribution in [3.8, 4) is 11.8 Å². The van der Waals surface area contributed by atoms with Crippen LogP contribution in [0, 0.1) is 11.3 Å². The molecule has 1 fully saturated rings. The molecule has 42 heavy (non-hydrogen) atoms. The predicted octanol–water partition coefficient (Wildman–Crippen LogP) is 6.78. The number of aromatic amines is 1. The van der Waals surface area contributed by atoms with Crippen molar-refractivity contribution >= 4 is 64.3 Å². The molecule has 2 amide bonds. The molecule has 3 aromatic rings. The van der Waals surface area contributed by atoms with Crippen LogP contribution in [0.5, 0.6) is 5.75 Å². The molecular weight excluding hydrogens is 637 g/mol. The van der Waals surface area contributed by atoms with Crippen LogP contribution in [0.1, 0.15) is 46.1 Å². The molecule has 9 nitrogen and oxygen atoms in total. The van der Waals surface area contributed by atoms with E-state index in [0.717, 1.165) is 17.8 Å². The Kier molecular flexibility index (Phi) is 8.31. The molecule has 15 heteroatoms. The molecule has 2 aromatic carbocycles. The fourth-order valence-electron chi connectivity index (χ4n) is 4.86. The first-order valence-corrected chi connectivity index (χ1v) is 14.3. The number of nitrogens with one attached hydrogen (secondary N) is 1. The summed E-state index contributed by atoms with van der Waals surface area (Å²) in [5.41, 5.74) is -1.48. The predicted molar refractivity (Wildman–Crippen MR) is 152 cm³/mol. The quantitative estimate of drug-likeness (QED) is 0.280. The van der Waals surface area contributed by atoms with Gasteiger partial charge in [-0.3, -0.25) is 14.5 Å². The van der Waals surface area contributed by atoms with Crippen molar-refractivity contribution < 1.29 is 28.2 Å². The van der Waals surface area contributed by atoms with Gasteiger partial charge in [0, 0.05) is 22.9 Å². The molecule has 5 rings (SSSR count). The van der Waals surface area contributed by atoms with Crippen LogP contribution in [0.3, 0.4) is 0 Å². The van der Waals surface area contributed by atoms with Crippen LogP contribution >= 0.6 is 46.6 Å². The van der Waals surface area contributed by atoms with Gasteiger partial charge in [-0.25, -0.2) is 4.79 Å². The second-order valence-corrected chi connectivity index (χ2v) is 11.7. The number of carbonyl (C=O) groups excluding carboxylic acids is 2. The van der Waals surface area contributed by atoms with Gasteiger partial charge in [-0.05, 0) is 59.5 Å². The lowest BCUT2D eigenvalue weighted by Gasteiger charge is -2.27. The number of phenolic OH excluding ortho intramolecular Hbond substituents is 1. The number of amides is 2. The van der Waals surface area contributed by atoms with Gasteiger partial charge in [0.1, 0.15) is 17.0 Å². The normalized spacial score (nSPS) is 16.7. The topological polar surface area (TPSA) is 127 Å². The monoisotopic (exact) mass is 654 g/mol. The molecule has 2 aliphatic rings. The maximum absolute atomic E-state index is 14.1. The highest BCUT2D eigenvalue weighted by Crippen LogP contribution is 2.45. The van der Waals surface area contributed by atoms with E-state index in [0.29, 0.717) is 24.1 Å². The third kappa shape index (κ3) is 5.62. The molecule has 2 N–H and O–H groups in total. The van der Waals surface area contributed by atoms with Crippen molar-refractivity contribution in [1.82, 2.24) is 9.88 Å². The molecule has 3 heterocycles. The van der Waals surface area contributed by atoms with E-state index in [2.05, 4.69) is 0 Å². The second-order valence-electron chi connectivity index (χ2n) is 9.37. The van der Waals surface area contributed by atoms with E-state index >= 15 is 0 Å². The second kappa shape index (κ2) is 11.6. The Bertz CT molecular complexity index is 1690. The van der Waals surface area contributed by atoms with Crippen LogP contribution < -0.4 is 10.5 Å². The smallest absolute Gasteiger partial charge is 0.414 e. The Morgan fingerprint density at radius 2 is 1.95 bits per heavy atom. The highest BCUT2D eigenvalue weighted by atomic mass is 35.5. The fraction of sp³-hybridized carbons (Fsp3) is 0.259. The summed E-state index contributed by atoms with van der Waals surface area (Å²) in [6.45, 7) is 0.435. The average molecular weight is 656 g/mol. The largest absolute Gasteiger partial charge is 0.506 e. The van der Waals surface area contributed by atoms with Gasteiger partial charge in [0.15, 0.2) is 0 Å². The van der Waals surface area contributed by atoms with Crippen LogP contribution in [0.15, 0.2) is 51.0 Å². The number of hydrogen-bond acceptors (Lipinski definition) is 7. The molecule has 0 saturated carbocycles. The zero-order valence-electron chi connectivity index (χ0n) is 21.3. The van der Waals surface area contributed by atoms with Crippen LogP contribution in [0.25, 0.3) is 0 Å². The number of alkyl halides is 3. The van der Waals surface area contributed by atoms with E-state index in [-0.39, 0.29) is 50.8 Å². The van der Waals surface area contributed by atoms with E-state index in [4.69, 9.17) is 39.5 Å². The first-order valence-electron chi connectivity index (χ1n) is 12.3. The Balaban J connectivity index is 1.59. The first-order chi connectivity index (χ1) is 19.9. The summed E-state index contributed by atoms with van der Waals surface area (Å²) in [5, 5.41) is 16.7. The van der Waals surface area contributed by atoms with E-state index in [9.17, 15) is 33.5 Å². The Hall–Kier alpha value is -3.50. The molecule has 1 aromatic heterocycles. The third-order valence-electron chi connectivity index (χ3n) is 6.77. The molecule has 0 bridgehead atoms. The summed E-state index contributed by atoms with van der Waals surface area (Å²) in [6.07, 6.45) is -0.309. The van der Waals surface area contributed by atoms with E-state index in [1.165, 1.54) is 34.1 Å². The van der Waals surface area contributed by atoms with E-state index < -0.39 is 40.2 Å². The van der Waals surface area contributed by atoms with Crippen molar-refractivity contribution in [1.29, 1.82) is 5.26 Å². The average Bonchev–Trinajstić information content (AvgIpc) is 3.27. The molecule has 0 spiro atoms. The molecular formula is C27H19Cl3F2N4O5S. The SMILES string of the molecule is N#CCC1c2cc(O)c(N3CCCOC3=O)cc2CN1C(=O)c1c(Sc2c(Cl)cccc2Cl)cc(C(F)(F)Cl)[nH]c1=O. The van der Waals surface area contributed by atoms with E-state index in [1.807, 2.05) is 11.1 Å². The number of halogens is 5. The minimum atomic E-state index is -3.96. The molecule has 2 aliphatic heterocycles. The summed E-state index contributed by atoms with van der Waals surface area (Å²) in [7, 11) is 0. The zero-order valence-corrected chi connectivity index (χ0v) is 24.4. The van der Waals surface area contributed by atoms with Gasteiger partial charge < -0.3 is 19.7 Å². The number of phenols is 1. The Morgan fingerprint density at radius 1 is 1.24 bits per heavy atom. The van der Waals surface area contributed by atoms with Gasteiger partial charge in [0.05, 0.1) is 40.9 Å². The van der Waals surface area contributed by atoms with Gasteiger partial charge in [-0.1, -0.05) is 41.0 Å². The highest BCUT2D eigenvalue weighted by molar-refractivity contribution is 7.99. The van der Waals surface area contributed by atoms with Gasteiger partial charge in [0.25, 0.3) is 11.5 Å². The maximum Gasteiger partial charge on any atom is 0.414 e. The summed E-state index contributed by atoms with van der Waals surface area (Å²) < 4.78 is 33.2. The molecule has 1 unspecified atom stereocenters. The number of ether oxygens (including phenoxy) is 1. The van der Waals surface area contributed by atoms with Crippen molar-refractivity contribution in [3.05, 3.63) is 79.2 Å². The van der Waals surface area contributed by atoms with Gasteiger partial charge in [0.2, 0.25) is 0 Å². The number of nitriles is 1. The highest BCUT2D eigenvalue weighted by Gasteiger charge is 2.39. The lowest BCUT2D eigenvalue weighted by atomic mass is 10.0. The van der Waals surface area contributed by atoms with Gasteiger partial charge in [-0.2, -0.15) is 14.0 Å². The lowest BCUT2D eigenvalue weighted by Crippen LogP contribution is -2.37. The summed E-state index contributed by atoms with van der Waals surface area (Å²) >= 11 is 18.5. The fourth-order valence-corrected chi connectivity index (χ4v) is 6.60. The number of nitrogens with zero attached hydrogens (tertiary/aromatic N) is 3. The summed E-state index contributed by atoms with van der Waals surface area (Å²) in [4.78, 5) is 44.1. The number of H-pyrrole nitrogens is 1. The molecule has 0 aliphatic carbocycles. The number of carbonyl (C=O) groups is 2. The standard InChI is InChI=1S/C27H19Cl3F2N4O5S/c28-15-3-1-4-16(29)23(15)42-20-11-21(27(30,31)32)34-24(38)22(20)25(39)36-12-13-9-18(35-7-2-8-41-26(35)40)19(37)10-14(13)17(36)5-6-33/h1,3-4,9-11,17,37H,2,5,7-8,12H2,(H,34,38). The van der Waals surface area contributed by atoms with E-state index in [1.54, 1.807) is 6.07 Å². The number of hydrogen-bond donors (Lipinski definition) is 2. The number of aromatic nitrogens is 1. The minimum absolute atomic E-state index is 0.111. The lowest BCUT2D eigenvalue weighted by molar-refractivity contribution is 0.0684. The number of fused-ring (bicyclic) bond motifs is 1. The van der Waals surface area contributed by atoms with Gasteiger partial charge >= 0.3 is 11.5 Å². The summed E-state index contributed by atoms with van der Waals surface area (Å²) in [5.74, 6) is -1.14. The number of rotatable bonds is 6. The zero-order chi connectivity index (χ0) is 30.3. The Morgan fingerprint density at radius 3 is 2.60 bits per heavy atom. The number of cyclic esters (lactones) is 1. The van der Waals surface area contributed by atoms with Crippen LogP contribution in [0.2, 0.25) is 10.0 Å². The van der Waals surface area contributed by atoms with Gasteiger partial charge in [-0.15, -0.1) is 0 Å². The third-order valence-corrected chi connectivity index (χ3v) is 9.01. The van der Waals surface area contributed by atoms with Crippen molar-refractivity contribution in [2.24, 2.45) is 0 Å². The molecule has 1 saturated heterocycles.